The molecule has 0 bridgehead atoms. The third kappa shape index (κ3) is 4.05. The van der Waals surface area contributed by atoms with Crippen LogP contribution >= 0.6 is 0 Å². The monoisotopic (exact) mass is 290 g/mol. The molecule has 1 amide bonds. The molecule has 1 aromatic rings. The number of aliphatic hydroxyl groups is 1. The SMILES string of the molecule is CC(C)CC(CN)CC(=O)N[C@@H]1c2ccccc2C[C@@H]1O. The maximum Gasteiger partial charge on any atom is 0.220 e. The second-order valence-electron chi connectivity index (χ2n) is 6.45. The second-order valence-corrected chi connectivity index (χ2v) is 6.45. The van der Waals surface area contributed by atoms with Gasteiger partial charge in [0.05, 0.1) is 12.1 Å². The van der Waals surface area contributed by atoms with Gasteiger partial charge in [-0.15, -0.1) is 0 Å². The lowest BCUT2D eigenvalue weighted by molar-refractivity contribution is -0.123. The van der Waals surface area contributed by atoms with Gasteiger partial charge >= 0.3 is 0 Å². The number of carbonyl (C=O) groups excluding carboxylic acids is 1. The van der Waals surface area contributed by atoms with E-state index in [-0.39, 0.29) is 17.9 Å². The zero-order chi connectivity index (χ0) is 15.4. The second kappa shape index (κ2) is 7.05. The molecule has 116 valence electrons. The molecule has 1 aliphatic rings. The highest BCUT2D eigenvalue weighted by Crippen LogP contribution is 2.31. The molecule has 4 heteroatoms. The van der Waals surface area contributed by atoms with Crippen LogP contribution in [0.5, 0.6) is 0 Å². The van der Waals surface area contributed by atoms with Crippen LogP contribution in [-0.2, 0) is 11.2 Å². The number of amides is 1. The van der Waals surface area contributed by atoms with Gasteiger partial charge in [-0.3, -0.25) is 4.79 Å². The van der Waals surface area contributed by atoms with Crippen LogP contribution in [-0.4, -0.2) is 23.7 Å². The fourth-order valence-electron chi connectivity index (χ4n) is 3.17. The normalized spacial score (nSPS) is 22.1. The molecule has 0 fully saturated rings. The van der Waals surface area contributed by atoms with Crippen molar-refractivity contribution in [3.63, 3.8) is 0 Å². The zero-order valence-electron chi connectivity index (χ0n) is 12.9. The summed E-state index contributed by atoms with van der Waals surface area (Å²) in [6.07, 6.45) is 1.45. The molecule has 2 rings (SSSR count). The molecule has 0 aromatic heterocycles. The Labute approximate surface area is 126 Å². The van der Waals surface area contributed by atoms with Crippen molar-refractivity contribution < 1.29 is 9.90 Å². The van der Waals surface area contributed by atoms with Gasteiger partial charge in [-0.25, -0.2) is 0 Å². The summed E-state index contributed by atoms with van der Waals surface area (Å²) in [4.78, 5) is 12.2. The van der Waals surface area contributed by atoms with E-state index in [1.165, 1.54) is 0 Å². The molecule has 1 aromatic carbocycles. The van der Waals surface area contributed by atoms with Gasteiger partial charge in [0, 0.05) is 12.8 Å². The lowest BCUT2D eigenvalue weighted by Crippen LogP contribution is -2.35. The summed E-state index contributed by atoms with van der Waals surface area (Å²) >= 11 is 0. The third-order valence-corrected chi connectivity index (χ3v) is 4.13. The largest absolute Gasteiger partial charge is 0.390 e. The van der Waals surface area contributed by atoms with E-state index in [0.29, 0.717) is 25.3 Å². The van der Waals surface area contributed by atoms with Crippen LogP contribution in [0.15, 0.2) is 24.3 Å². The molecule has 0 saturated carbocycles. The summed E-state index contributed by atoms with van der Waals surface area (Å²) in [5.74, 6) is 0.717. The number of carbonyl (C=O) groups is 1. The zero-order valence-corrected chi connectivity index (χ0v) is 12.9. The predicted octanol–water partition coefficient (Wildman–Crippen LogP) is 1.77. The Kier molecular flexibility index (Phi) is 5.37. The summed E-state index contributed by atoms with van der Waals surface area (Å²) in [5, 5.41) is 13.1. The van der Waals surface area contributed by atoms with Crippen LogP contribution in [0.25, 0.3) is 0 Å². The first kappa shape index (κ1) is 16.0. The van der Waals surface area contributed by atoms with Crippen LogP contribution in [0, 0.1) is 11.8 Å². The van der Waals surface area contributed by atoms with Crippen LogP contribution in [0.4, 0.5) is 0 Å². The van der Waals surface area contributed by atoms with E-state index in [1.807, 2.05) is 24.3 Å². The summed E-state index contributed by atoms with van der Waals surface area (Å²) in [7, 11) is 0. The standard InChI is InChI=1S/C17H26N2O2/c1-11(2)7-12(10-18)8-16(21)19-17-14-6-4-3-5-13(14)9-15(17)20/h3-6,11-12,15,17,20H,7-10,18H2,1-2H3,(H,19,21)/t12?,15-,17+/m0/s1. The van der Waals surface area contributed by atoms with Crippen LogP contribution in [0.1, 0.15) is 43.9 Å². The first-order valence-electron chi connectivity index (χ1n) is 7.76. The van der Waals surface area contributed by atoms with Crippen molar-refractivity contribution in [2.45, 2.75) is 45.3 Å². The summed E-state index contributed by atoms with van der Waals surface area (Å²) in [6.45, 7) is 4.80. The van der Waals surface area contributed by atoms with Crippen molar-refractivity contribution in [3.05, 3.63) is 35.4 Å². The van der Waals surface area contributed by atoms with E-state index in [0.717, 1.165) is 17.5 Å². The molecule has 0 spiro atoms. The summed E-state index contributed by atoms with van der Waals surface area (Å²) in [5.41, 5.74) is 7.90. The third-order valence-electron chi connectivity index (χ3n) is 4.13. The van der Waals surface area contributed by atoms with Crippen molar-refractivity contribution in [1.29, 1.82) is 0 Å². The number of fused-ring (bicyclic) bond motifs is 1. The number of rotatable bonds is 6. The molecular formula is C17H26N2O2. The molecule has 0 saturated heterocycles. The van der Waals surface area contributed by atoms with Gasteiger partial charge in [-0.2, -0.15) is 0 Å². The van der Waals surface area contributed by atoms with Crippen molar-refractivity contribution in [1.82, 2.24) is 5.32 Å². The lowest BCUT2D eigenvalue weighted by atomic mass is 9.93. The minimum absolute atomic E-state index is 0.0214. The highest BCUT2D eigenvalue weighted by molar-refractivity contribution is 5.77. The average Bonchev–Trinajstić information content (AvgIpc) is 2.74. The number of benzene rings is 1. The van der Waals surface area contributed by atoms with Gasteiger partial charge in [0.1, 0.15) is 0 Å². The summed E-state index contributed by atoms with van der Waals surface area (Å²) < 4.78 is 0. The highest BCUT2D eigenvalue weighted by Gasteiger charge is 2.32. The van der Waals surface area contributed by atoms with E-state index >= 15 is 0 Å². The Hall–Kier alpha value is -1.39. The number of aliphatic hydroxyl groups excluding tert-OH is 1. The Bertz CT molecular complexity index is 487. The lowest BCUT2D eigenvalue weighted by Gasteiger charge is -2.21. The van der Waals surface area contributed by atoms with Crippen LogP contribution in [0.3, 0.4) is 0 Å². The molecule has 0 aliphatic heterocycles. The number of nitrogens with one attached hydrogen (secondary N) is 1. The highest BCUT2D eigenvalue weighted by atomic mass is 16.3. The number of hydrogen-bond acceptors (Lipinski definition) is 3. The molecule has 4 nitrogen and oxygen atoms in total. The van der Waals surface area contributed by atoms with Crippen molar-refractivity contribution in [2.24, 2.45) is 17.6 Å². The van der Waals surface area contributed by atoms with E-state index in [4.69, 9.17) is 5.73 Å². The molecule has 0 heterocycles. The molecule has 3 atom stereocenters. The van der Waals surface area contributed by atoms with Crippen molar-refractivity contribution in [2.75, 3.05) is 6.54 Å². The molecule has 21 heavy (non-hydrogen) atoms. The van der Waals surface area contributed by atoms with Crippen molar-refractivity contribution in [3.8, 4) is 0 Å². The molecule has 0 radical (unpaired) electrons. The fourth-order valence-corrected chi connectivity index (χ4v) is 3.17. The molecule has 1 aliphatic carbocycles. The van der Waals surface area contributed by atoms with Gasteiger partial charge in [0.2, 0.25) is 5.91 Å². The molecule has 1 unspecified atom stereocenters. The predicted molar refractivity (Wildman–Crippen MR) is 83.7 cm³/mol. The maximum absolute atomic E-state index is 12.2. The minimum atomic E-state index is -0.534. The smallest absolute Gasteiger partial charge is 0.220 e. The Morgan fingerprint density at radius 2 is 2.14 bits per heavy atom. The maximum atomic E-state index is 12.2. The Morgan fingerprint density at radius 1 is 1.43 bits per heavy atom. The Morgan fingerprint density at radius 3 is 2.81 bits per heavy atom. The quantitative estimate of drug-likeness (QED) is 0.747. The first-order chi connectivity index (χ1) is 10.0. The summed E-state index contributed by atoms with van der Waals surface area (Å²) in [6, 6.07) is 7.60. The van der Waals surface area contributed by atoms with E-state index < -0.39 is 6.10 Å². The van der Waals surface area contributed by atoms with Gasteiger partial charge in [0.15, 0.2) is 0 Å². The molecular weight excluding hydrogens is 264 g/mol. The van der Waals surface area contributed by atoms with E-state index in [9.17, 15) is 9.90 Å². The Balaban J connectivity index is 1.96. The van der Waals surface area contributed by atoms with Gasteiger partial charge in [-0.05, 0) is 35.9 Å². The van der Waals surface area contributed by atoms with E-state index in [2.05, 4.69) is 19.2 Å². The number of hydrogen-bond donors (Lipinski definition) is 3. The van der Waals surface area contributed by atoms with E-state index in [1.54, 1.807) is 0 Å². The first-order valence-corrected chi connectivity index (χ1v) is 7.76. The average molecular weight is 290 g/mol. The van der Waals surface area contributed by atoms with Gasteiger partial charge in [-0.1, -0.05) is 38.1 Å². The van der Waals surface area contributed by atoms with Crippen LogP contribution in [0.2, 0.25) is 0 Å². The minimum Gasteiger partial charge on any atom is -0.390 e. The topological polar surface area (TPSA) is 75.4 Å². The van der Waals surface area contributed by atoms with Crippen LogP contribution < -0.4 is 11.1 Å². The number of nitrogens with two attached hydrogens (primary N) is 1. The fraction of sp³-hybridized carbons (Fsp3) is 0.588. The van der Waals surface area contributed by atoms with Gasteiger partial charge in [0.25, 0.3) is 0 Å². The molecule has 4 N–H and O–H groups in total. The van der Waals surface area contributed by atoms with Crippen molar-refractivity contribution >= 4 is 5.91 Å². The van der Waals surface area contributed by atoms with Gasteiger partial charge < -0.3 is 16.2 Å².